The van der Waals surface area contributed by atoms with Crippen LogP contribution in [0.15, 0.2) is 24.5 Å². The van der Waals surface area contributed by atoms with Gasteiger partial charge in [-0.05, 0) is 56.0 Å². The normalized spacial score (nSPS) is 18.0. The molecule has 2 heterocycles. The van der Waals surface area contributed by atoms with Crippen LogP contribution in [-0.2, 0) is 6.42 Å². The van der Waals surface area contributed by atoms with Crippen LogP contribution in [0.4, 0.5) is 0 Å². The van der Waals surface area contributed by atoms with E-state index in [4.69, 9.17) is 0 Å². The predicted octanol–water partition coefficient (Wildman–Crippen LogP) is 2.10. The van der Waals surface area contributed by atoms with E-state index < -0.39 is 0 Å². The molecule has 3 nitrogen and oxygen atoms in total. The van der Waals surface area contributed by atoms with Gasteiger partial charge in [-0.2, -0.15) is 0 Å². The van der Waals surface area contributed by atoms with Gasteiger partial charge in [-0.3, -0.25) is 0 Å². The third kappa shape index (κ3) is 1.95. The summed E-state index contributed by atoms with van der Waals surface area (Å²) in [6.07, 6.45) is 5.58. The maximum absolute atomic E-state index is 4.24. The number of piperidine rings is 1. The van der Waals surface area contributed by atoms with Crippen molar-refractivity contribution in [2.24, 2.45) is 5.92 Å². The molecule has 0 spiro atoms. The predicted molar refractivity (Wildman–Crippen MR) is 65.4 cm³/mol. The second kappa shape index (κ2) is 4.26. The van der Waals surface area contributed by atoms with Gasteiger partial charge in [0.2, 0.25) is 0 Å². The molecular weight excluding hydrogens is 198 g/mol. The van der Waals surface area contributed by atoms with Gasteiger partial charge in [0.1, 0.15) is 0 Å². The highest BCUT2D eigenvalue weighted by Gasteiger charge is 2.13. The number of aromatic amines is 1. The lowest BCUT2D eigenvalue weighted by atomic mass is 9.91. The zero-order valence-electron chi connectivity index (χ0n) is 9.37. The van der Waals surface area contributed by atoms with Crippen molar-refractivity contribution in [1.82, 2.24) is 15.3 Å². The first-order valence-electron chi connectivity index (χ1n) is 6.04. The van der Waals surface area contributed by atoms with Crippen LogP contribution in [0.1, 0.15) is 18.4 Å². The van der Waals surface area contributed by atoms with Gasteiger partial charge in [0.15, 0.2) is 0 Å². The second-order valence-electron chi connectivity index (χ2n) is 4.65. The van der Waals surface area contributed by atoms with Gasteiger partial charge >= 0.3 is 0 Å². The van der Waals surface area contributed by atoms with Gasteiger partial charge in [-0.15, -0.1) is 0 Å². The largest absolute Gasteiger partial charge is 0.345 e. The Balaban J connectivity index is 1.77. The number of aromatic nitrogens is 2. The smallest absolute Gasteiger partial charge is 0.0931 e. The Kier molecular flexibility index (Phi) is 2.62. The Morgan fingerprint density at radius 1 is 1.25 bits per heavy atom. The first-order chi connectivity index (χ1) is 7.92. The molecule has 1 aromatic heterocycles. The van der Waals surface area contributed by atoms with Crippen molar-refractivity contribution in [3.63, 3.8) is 0 Å². The monoisotopic (exact) mass is 215 g/mol. The number of hydrogen-bond donors (Lipinski definition) is 2. The minimum absolute atomic E-state index is 0.849. The van der Waals surface area contributed by atoms with Gasteiger partial charge in [0, 0.05) is 0 Å². The Labute approximate surface area is 95.3 Å². The molecule has 0 saturated carbocycles. The van der Waals surface area contributed by atoms with Crippen LogP contribution >= 0.6 is 0 Å². The van der Waals surface area contributed by atoms with Gasteiger partial charge in [-0.1, -0.05) is 6.07 Å². The van der Waals surface area contributed by atoms with Crippen LogP contribution in [0.2, 0.25) is 0 Å². The SMILES string of the molecule is c1nc2ccc(CC3CCNCC3)cc2[nH]1. The van der Waals surface area contributed by atoms with E-state index in [-0.39, 0.29) is 0 Å². The third-order valence-electron chi connectivity index (χ3n) is 3.47. The molecule has 0 unspecified atom stereocenters. The Morgan fingerprint density at radius 3 is 3.00 bits per heavy atom. The molecule has 1 aliphatic heterocycles. The standard InChI is InChI=1S/C13H17N3/c1-2-12-13(16-9-15-12)8-11(1)7-10-3-5-14-6-4-10/h1-2,8-10,14H,3-7H2,(H,15,16). The first-order valence-corrected chi connectivity index (χ1v) is 6.04. The summed E-state index contributed by atoms with van der Waals surface area (Å²) in [5.74, 6) is 0.849. The van der Waals surface area contributed by atoms with Gasteiger partial charge in [0.05, 0.1) is 17.4 Å². The molecule has 2 aromatic rings. The molecule has 0 aliphatic carbocycles. The molecule has 2 N–H and O–H groups in total. The molecule has 1 fully saturated rings. The fourth-order valence-electron chi connectivity index (χ4n) is 2.53. The van der Waals surface area contributed by atoms with E-state index in [1.807, 2.05) is 0 Å². The Hall–Kier alpha value is -1.35. The summed E-state index contributed by atoms with van der Waals surface area (Å²) >= 11 is 0. The highest BCUT2D eigenvalue weighted by molar-refractivity contribution is 5.75. The number of hydrogen-bond acceptors (Lipinski definition) is 2. The van der Waals surface area contributed by atoms with E-state index in [1.54, 1.807) is 6.33 Å². The maximum atomic E-state index is 4.24. The molecule has 1 aromatic carbocycles. The zero-order chi connectivity index (χ0) is 10.8. The van der Waals surface area contributed by atoms with Gasteiger partial charge in [-0.25, -0.2) is 4.98 Å². The van der Waals surface area contributed by atoms with E-state index in [0.717, 1.165) is 17.0 Å². The quantitative estimate of drug-likeness (QED) is 0.805. The van der Waals surface area contributed by atoms with Crippen LogP contribution in [0.5, 0.6) is 0 Å². The summed E-state index contributed by atoms with van der Waals surface area (Å²) in [5, 5.41) is 3.41. The Bertz CT molecular complexity index is 469. The van der Waals surface area contributed by atoms with Crippen molar-refractivity contribution < 1.29 is 0 Å². The lowest BCUT2D eigenvalue weighted by Crippen LogP contribution is -2.28. The van der Waals surface area contributed by atoms with Crippen molar-refractivity contribution in [1.29, 1.82) is 0 Å². The molecule has 0 amide bonds. The van der Waals surface area contributed by atoms with E-state index in [9.17, 15) is 0 Å². The fraction of sp³-hybridized carbons (Fsp3) is 0.462. The highest BCUT2D eigenvalue weighted by atomic mass is 14.9. The topological polar surface area (TPSA) is 40.7 Å². The van der Waals surface area contributed by atoms with Crippen molar-refractivity contribution in [2.45, 2.75) is 19.3 Å². The van der Waals surface area contributed by atoms with E-state index >= 15 is 0 Å². The minimum atomic E-state index is 0.849. The molecule has 1 saturated heterocycles. The number of H-pyrrole nitrogens is 1. The molecule has 0 atom stereocenters. The molecule has 1 aliphatic rings. The average Bonchev–Trinajstić information content (AvgIpc) is 2.77. The molecular formula is C13H17N3. The molecule has 0 radical (unpaired) electrons. The fourth-order valence-corrected chi connectivity index (χ4v) is 2.53. The highest BCUT2D eigenvalue weighted by Crippen LogP contribution is 2.20. The number of rotatable bonds is 2. The number of nitrogens with one attached hydrogen (secondary N) is 2. The Morgan fingerprint density at radius 2 is 2.12 bits per heavy atom. The van der Waals surface area contributed by atoms with E-state index in [1.165, 1.54) is 37.9 Å². The second-order valence-corrected chi connectivity index (χ2v) is 4.65. The molecule has 0 bridgehead atoms. The summed E-state index contributed by atoms with van der Waals surface area (Å²) in [4.78, 5) is 7.41. The average molecular weight is 215 g/mol. The zero-order valence-corrected chi connectivity index (χ0v) is 9.37. The van der Waals surface area contributed by atoms with Crippen molar-refractivity contribution in [3.05, 3.63) is 30.1 Å². The van der Waals surface area contributed by atoms with Gasteiger partial charge in [0.25, 0.3) is 0 Å². The summed E-state index contributed by atoms with van der Waals surface area (Å²) in [6, 6.07) is 6.57. The third-order valence-corrected chi connectivity index (χ3v) is 3.47. The summed E-state index contributed by atoms with van der Waals surface area (Å²) in [6.45, 7) is 2.36. The summed E-state index contributed by atoms with van der Waals surface area (Å²) in [7, 11) is 0. The molecule has 84 valence electrons. The number of nitrogens with zero attached hydrogens (tertiary/aromatic N) is 1. The van der Waals surface area contributed by atoms with Crippen LogP contribution in [0.3, 0.4) is 0 Å². The molecule has 16 heavy (non-hydrogen) atoms. The molecule has 3 heteroatoms. The summed E-state index contributed by atoms with van der Waals surface area (Å²) in [5.41, 5.74) is 3.66. The van der Waals surface area contributed by atoms with E-state index in [2.05, 4.69) is 33.5 Å². The van der Waals surface area contributed by atoms with Crippen molar-refractivity contribution in [2.75, 3.05) is 13.1 Å². The van der Waals surface area contributed by atoms with Crippen LogP contribution < -0.4 is 5.32 Å². The van der Waals surface area contributed by atoms with Crippen LogP contribution in [0, 0.1) is 5.92 Å². The van der Waals surface area contributed by atoms with Crippen LogP contribution in [-0.4, -0.2) is 23.1 Å². The lowest BCUT2D eigenvalue weighted by molar-refractivity contribution is 0.373. The first kappa shape index (κ1) is 9.85. The lowest BCUT2D eigenvalue weighted by Gasteiger charge is -2.22. The van der Waals surface area contributed by atoms with Crippen LogP contribution in [0.25, 0.3) is 11.0 Å². The minimum Gasteiger partial charge on any atom is -0.345 e. The molecule has 3 rings (SSSR count). The van der Waals surface area contributed by atoms with E-state index in [0.29, 0.717) is 0 Å². The maximum Gasteiger partial charge on any atom is 0.0931 e. The van der Waals surface area contributed by atoms with Crippen molar-refractivity contribution >= 4 is 11.0 Å². The van der Waals surface area contributed by atoms with Gasteiger partial charge < -0.3 is 10.3 Å². The summed E-state index contributed by atoms with van der Waals surface area (Å²) < 4.78 is 0. The van der Waals surface area contributed by atoms with Crippen molar-refractivity contribution in [3.8, 4) is 0 Å². The number of fused-ring (bicyclic) bond motifs is 1. The number of benzene rings is 1. The number of imidazole rings is 1.